The fourth-order valence-corrected chi connectivity index (χ4v) is 2.29. The van der Waals surface area contributed by atoms with Crippen LogP contribution >= 0.6 is 0 Å². The Balaban J connectivity index is 2.09. The Labute approximate surface area is 159 Å². The second-order valence-electron chi connectivity index (χ2n) is 5.77. The van der Waals surface area contributed by atoms with Gasteiger partial charge in [-0.2, -0.15) is 0 Å². The Bertz CT molecular complexity index is 784. The van der Waals surface area contributed by atoms with Crippen molar-refractivity contribution in [1.29, 1.82) is 0 Å². The highest BCUT2D eigenvalue weighted by Crippen LogP contribution is 2.04. The molecular formula is C22H24N2O3. The fraction of sp³-hybridized carbons (Fsp3) is 0.182. The molecule has 2 rings (SSSR count). The number of nitrogens with one attached hydrogen (secondary N) is 2. The van der Waals surface area contributed by atoms with E-state index in [2.05, 4.69) is 10.6 Å². The lowest BCUT2D eigenvalue weighted by atomic mass is 10.2. The predicted molar refractivity (Wildman–Crippen MR) is 107 cm³/mol. The van der Waals surface area contributed by atoms with Gasteiger partial charge in [0.15, 0.2) is 0 Å². The topological polar surface area (TPSA) is 67.4 Å². The van der Waals surface area contributed by atoms with Crippen LogP contribution in [0.4, 0.5) is 0 Å². The average molecular weight is 364 g/mol. The highest BCUT2D eigenvalue weighted by molar-refractivity contribution is 6.03. The van der Waals surface area contributed by atoms with Crippen LogP contribution in [0.3, 0.4) is 0 Å². The van der Waals surface area contributed by atoms with Gasteiger partial charge < -0.3 is 15.4 Å². The monoisotopic (exact) mass is 364 g/mol. The number of carbonyl (C=O) groups excluding carboxylic acids is 2. The van der Waals surface area contributed by atoms with Crippen LogP contribution in [0.15, 0.2) is 78.5 Å². The molecule has 0 saturated carbocycles. The van der Waals surface area contributed by atoms with Gasteiger partial charge in [-0.15, -0.1) is 0 Å². The number of allylic oxidation sites excluding steroid dienone is 2. The zero-order valence-electron chi connectivity index (χ0n) is 15.4. The molecular weight excluding hydrogens is 340 g/mol. The van der Waals surface area contributed by atoms with E-state index in [0.29, 0.717) is 25.1 Å². The van der Waals surface area contributed by atoms with Crippen LogP contribution in [0, 0.1) is 0 Å². The molecule has 0 aromatic heterocycles. The summed E-state index contributed by atoms with van der Waals surface area (Å²) >= 11 is 0. The number of ether oxygens (including phenoxy) is 1. The zero-order valence-corrected chi connectivity index (χ0v) is 15.4. The number of amides is 2. The number of rotatable bonds is 9. The van der Waals surface area contributed by atoms with Crippen molar-refractivity contribution >= 4 is 17.9 Å². The van der Waals surface area contributed by atoms with E-state index in [1.54, 1.807) is 43.5 Å². The summed E-state index contributed by atoms with van der Waals surface area (Å²) in [5.41, 5.74) is 1.68. The Kier molecular flexibility index (Phi) is 8.53. The predicted octanol–water partition coefficient (Wildman–Crippen LogP) is 3.17. The first kappa shape index (κ1) is 20.1. The molecule has 2 aromatic rings. The molecule has 0 saturated heterocycles. The van der Waals surface area contributed by atoms with Crippen LogP contribution in [0.25, 0.3) is 6.08 Å². The van der Waals surface area contributed by atoms with Gasteiger partial charge in [-0.3, -0.25) is 9.59 Å². The van der Waals surface area contributed by atoms with E-state index < -0.39 is 0 Å². The Morgan fingerprint density at radius 1 is 1.00 bits per heavy atom. The van der Waals surface area contributed by atoms with Crippen molar-refractivity contribution in [3.63, 3.8) is 0 Å². The zero-order chi connectivity index (χ0) is 19.3. The molecule has 0 aliphatic carbocycles. The average Bonchev–Trinajstić information content (AvgIpc) is 2.71. The van der Waals surface area contributed by atoms with Gasteiger partial charge in [-0.1, -0.05) is 60.7 Å². The quantitative estimate of drug-likeness (QED) is 0.408. The minimum Gasteiger partial charge on any atom is -0.385 e. The SMILES string of the molecule is COCCCNC(=O)C(=CC=Cc1ccccc1)NC(=O)c1ccccc1. The van der Waals surface area contributed by atoms with Gasteiger partial charge in [0, 0.05) is 25.8 Å². The van der Waals surface area contributed by atoms with Gasteiger partial charge in [0.05, 0.1) is 0 Å². The van der Waals surface area contributed by atoms with Crippen molar-refractivity contribution in [3.8, 4) is 0 Å². The van der Waals surface area contributed by atoms with E-state index in [1.165, 1.54) is 0 Å². The third-order valence-electron chi connectivity index (χ3n) is 3.69. The summed E-state index contributed by atoms with van der Waals surface area (Å²) in [5.74, 6) is -0.671. The Morgan fingerprint density at radius 2 is 1.67 bits per heavy atom. The number of methoxy groups -OCH3 is 1. The summed E-state index contributed by atoms with van der Waals surface area (Å²) in [6.07, 6.45) is 5.90. The fourth-order valence-electron chi connectivity index (χ4n) is 2.29. The summed E-state index contributed by atoms with van der Waals surface area (Å²) in [6, 6.07) is 18.5. The largest absolute Gasteiger partial charge is 0.385 e. The number of hydrogen-bond donors (Lipinski definition) is 2. The minimum absolute atomic E-state index is 0.188. The Morgan fingerprint density at radius 3 is 2.33 bits per heavy atom. The lowest BCUT2D eigenvalue weighted by molar-refractivity contribution is -0.117. The summed E-state index contributed by atoms with van der Waals surface area (Å²) in [7, 11) is 1.61. The maximum Gasteiger partial charge on any atom is 0.267 e. The first-order valence-electron chi connectivity index (χ1n) is 8.77. The molecule has 5 nitrogen and oxygen atoms in total. The summed E-state index contributed by atoms with van der Waals surface area (Å²) < 4.78 is 4.97. The van der Waals surface area contributed by atoms with Gasteiger partial charge >= 0.3 is 0 Å². The van der Waals surface area contributed by atoms with Crippen molar-refractivity contribution < 1.29 is 14.3 Å². The van der Waals surface area contributed by atoms with Crippen molar-refractivity contribution in [2.24, 2.45) is 0 Å². The number of carbonyl (C=O) groups is 2. The molecule has 0 spiro atoms. The summed E-state index contributed by atoms with van der Waals surface area (Å²) in [4.78, 5) is 24.8. The highest BCUT2D eigenvalue weighted by Gasteiger charge is 2.13. The van der Waals surface area contributed by atoms with E-state index in [0.717, 1.165) is 5.56 Å². The van der Waals surface area contributed by atoms with Crippen molar-refractivity contribution in [2.75, 3.05) is 20.3 Å². The second-order valence-corrected chi connectivity index (χ2v) is 5.77. The lowest BCUT2D eigenvalue weighted by Crippen LogP contribution is -2.35. The normalized spacial score (nSPS) is 11.4. The van der Waals surface area contributed by atoms with Crippen LogP contribution in [-0.2, 0) is 9.53 Å². The molecule has 0 aliphatic rings. The van der Waals surface area contributed by atoms with Crippen LogP contribution < -0.4 is 10.6 Å². The van der Waals surface area contributed by atoms with Gasteiger partial charge in [0.25, 0.3) is 11.8 Å². The second kappa shape index (κ2) is 11.4. The van der Waals surface area contributed by atoms with E-state index in [1.807, 2.05) is 42.5 Å². The van der Waals surface area contributed by atoms with Gasteiger partial charge in [-0.05, 0) is 30.2 Å². The maximum absolute atomic E-state index is 12.4. The minimum atomic E-state index is -0.340. The van der Waals surface area contributed by atoms with Gasteiger partial charge in [0.1, 0.15) is 5.70 Å². The first-order valence-corrected chi connectivity index (χ1v) is 8.77. The van der Waals surface area contributed by atoms with E-state index in [-0.39, 0.29) is 17.5 Å². The lowest BCUT2D eigenvalue weighted by Gasteiger charge is -2.10. The third kappa shape index (κ3) is 7.30. The van der Waals surface area contributed by atoms with E-state index >= 15 is 0 Å². The molecule has 0 unspecified atom stereocenters. The molecule has 140 valence electrons. The maximum atomic E-state index is 12.4. The number of hydrogen-bond acceptors (Lipinski definition) is 3. The highest BCUT2D eigenvalue weighted by atomic mass is 16.5. The smallest absolute Gasteiger partial charge is 0.267 e. The molecule has 2 N–H and O–H groups in total. The molecule has 0 bridgehead atoms. The van der Waals surface area contributed by atoms with E-state index in [4.69, 9.17) is 4.74 Å². The van der Waals surface area contributed by atoms with Crippen molar-refractivity contribution in [3.05, 3.63) is 89.6 Å². The number of benzene rings is 2. The molecule has 2 aromatic carbocycles. The molecule has 27 heavy (non-hydrogen) atoms. The molecule has 5 heteroatoms. The third-order valence-corrected chi connectivity index (χ3v) is 3.69. The van der Waals surface area contributed by atoms with E-state index in [9.17, 15) is 9.59 Å². The van der Waals surface area contributed by atoms with Crippen LogP contribution in [0.1, 0.15) is 22.3 Å². The van der Waals surface area contributed by atoms with Gasteiger partial charge in [0.2, 0.25) is 0 Å². The Hall–Kier alpha value is -3.18. The summed E-state index contributed by atoms with van der Waals surface area (Å²) in [5, 5.41) is 5.48. The van der Waals surface area contributed by atoms with Crippen LogP contribution in [-0.4, -0.2) is 32.1 Å². The van der Waals surface area contributed by atoms with Gasteiger partial charge in [-0.25, -0.2) is 0 Å². The molecule has 0 atom stereocenters. The standard InChI is InChI=1S/C22H24N2O3/c1-27-17-9-16-23-22(26)20(15-8-12-18-10-4-2-5-11-18)24-21(25)19-13-6-3-7-14-19/h2-8,10-15H,9,16-17H2,1H3,(H,23,26)(H,24,25). The molecule has 0 radical (unpaired) electrons. The molecule has 0 heterocycles. The molecule has 2 amide bonds. The summed E-state index contributed by atoms with van der Waals surface area (Å²) in [6.45, 7) is 1.03. The molecule has 0 aliphatic heterocycles. The first-order chi connectivity index (χ1) is 13.2. The van der Waals surface area contributed by atoms with Crippen molar-refractivity contribution in [2.45, 2.75) is 6.42 Å². The van der Waals surface area contributed by atoms with Crippen LogP contribution in [0.5, 0.6) is 0 Å². The van der Waals surface area contributed by atoms with Crippen LogP contribution in [0.2, 0.25) is 0 Å². The molecule has 0 fully saturated rings. The van der Waals surface area contributed by atoms with Crippen molar-refractivity contribution in [1.82, 2.24) is 10.6 Å².